The number of halogens is 4. The number of nitriles is 1. The van der Waals surface area contributed by atoms with Crippen molar-refractivity contribution in [1.82, 2.24) is 0 Å². The van der Waals surface area contributed by atoms with E-state index in [0.29, 0.717) is 5.92 Å². The third kappa shape index (κ3) is 6.95. The third-order valence-electron chi connectivity index (χ3n) is 7.27. The van der Waals surface area contributed by atoms with Crippen molar-refractivity contribution in [2.24, 2.45) is 17.8 Å². The summed E-state index contributed by atoms with van der Waals surface area (Å²) in [4.78, 5) is 0. The van der Waals surface area contributed by atoms with Crippen molar-refractivity contribution in [1.29, 1.82) is 5.26 Å². The molecule has 0 unspecified atom stereocenters. The summed E-state index contributed by atoms with van der Waals surface area (Å²) < 4.78 is 51.0. The predicted octanol–water partition coefficient (Wildman–Crippen LogP) is 8.50. The van der Waals surface area contributed by atoms with Crippen LogP contribution >= 0.6 is 0 Å². The Morgan fingerprint density at radius 1 is 0.935 bits per heavy atom. The Hall–Kier alpha value is -2.09. The minimum atomic E-state index is -4.27. The van der Waals surface area contributed by atoms with Crippen molar-refractivity contribution in [2.75, 3.05) is 0 Å². The molecule has 2 aliphatic rings. The first kappa shape index (κ1) is 23.6. The lowest BCUT2D eigenvalue weighted by molar-refractivity contribution is -0.137. The lowest BCUT2D eigenvalue weighted by Gasteiger charge is -2.38. The van der Waals surface area contributed by atoms with E-state index >= 15 is 0 Å². The lowest BCUT2D eigenvalue weighted by Crippen LogP contribution is -2.25. The second-order valence-corrected chi connectivity index (χ2v) is 9.14. The van der Waals surface area contributed by atoms with E-state index in [4.69, 9.17) is 5.26 Å². The Bertz CT molecular complexity index is 784. The first-order chi connectivity index (χ1) is 14.9. The topological polar surface area (TPSA) is 23.8 Å². The zero-order chi connectivity index (χ0) is 22.3. The minimum absolute atomic E-state index is 0.390. The van der Waals surface area contributed by atoms with Crippen LogP contribution < -0.4 is 0 Å². The highest BCUT2D eigenvalue weighted by atomic mass is 19.4. The minimum Gasteiger partial charge on any atom is -0.195 e. The summed E-state index contributed by atoms with van der Waals surface area (Å²) in [6.45, 7) is 0. The molecule has 0 amide bonds. The van der Waals surface area contributed by atoms with Crippen molar-refractivity contribution in [3.8, 4) is 6.07 Å². The largest absolute Gasteiger partial charge is 0.416 e. The van der Waals surface area contributed by atoms with E-state index in [2.05, 4.69) is 0 Å². The van der Waals surface area contributed by atoms with E-state index < -0.39 is 17.6 Å². The molecule has 0 N–H and O–H groups in total. The molecule has 0 atom stereocenters. The van der Waals surface area contributed by atoms with Gasteiger partial charge in [-0.15, -0.1) is 0 Å². The zero-order valence-corrected chi connectivity index (χ0v) is 17.9. The van der Waals surface area contributed by atoms with Crippen molar-refractivity contribution in [3.05, 3.63) is 59.4 Å². The van der Waals surface area contributed by atoms with Gasteiger partial charge in [0, 0.05) is 0 Å². The van der Waals surface area contributed by atoms with Gasteiger partial charge in [-0.1, -0.05) is 37.1 Å². The number of nitrogens with zero attached hydrogens (tertiary/aromatic N) is 1. The number of rotatable bonds is 6. The maximum atomic E-state index is 12.8. The second kappa shape index (κ2) is 11.0. The maximum absolute atomic E-state index is 12.8. The van der Waals surface area contributed by atoms with Crippen molar-refractivity contribution < 1.29 is 17.6 Å². The van der Waals surface area contributed by atoms with Gasteiger partial charge in [0.25, 0.3) is 0 Å². The van der Waals surface area contributed by atoms with Crippen LogP contribution in [0.5, 0.6) is 0 Å². The quantitative estimate of drug-likeness (QED) is 0.251. The maximum Gasteiger partial charge on any atom is 0.416 e. The summed E-state index contributed by atoms with van der Waals surface area (Å²) in [5.74, 6) is 1.90. The monoisotopic (exact) mass is 433 g/mol. The molecule has 0 aliphatic heterocycles. The van der Waals surface area contributed by atoms with Crippen molar-refractivity contribution in [3.63, 3.8) is 0 Å². The van der Waals surface area contributed by atoms with Gasteiger partial charge in [0.15, 0.2) is 5.83 Å². The highest BCUT2D eigenvalue weighted by Crippen LogP contribution is 2.44. The first-order valence-corrected chi connectivity index (χ1v) is 11.5. The van der Waals surface area contributed by atoms with Gasteiger partial charge >= 0.3 is 6.18 Å². The van der Waals surface area contributed by atoms with E-state index in [1.807, 2.05) is 6.08 Å². The van der Waals surface area contributed by atoms with E-state index in [-0.39, 0.29) is 0 Å². The average Bonchev–Trinajstić information content (AvgIpc) is 2.79. The van der Waals surface area contributed by atoms with E-state index in [0.717, 1.165) is 49.0 Å². The highest BCUT2D eigenvalue weighted by molar-refractivity contribution is 5.27. The van der Waals surface area contributed by atoms with Gasteiger partial charge in [-0.05, 0) is 98.8 Å². The van der Waals surface area contributed by atoms with Crippen LogP contribution in [0.1, 0.15) is 81.3 Å². The van der Waals surface area contributed by atoms with Gasteiger partial charge < -0.3 is 0 Å². The molecular weight excluding hydrogens is 402 g/mol. The molecule has 0 radical (unpaired) electrons. The zero-order valence-electron chi connectivity index (χ0n) is 17.9. The molecule has 0 aromatic heterocycles. The molecule has 5 heteroatoms. The smallest absolute Gasteiger partial charge is 0.195 e. The Labute approximate surface area is 182 Å². The molecule has 2 fully saturated rings. The fraction of sp³-hybridized carbons (Fsp3) is 0.577. The number of benzene rings is 1. The molecule has 1 aromatic rings. The van der Waals surface area contributed by atoms with Gasteiger partial charge in [0.2, 0.25) is 0 Å². The summed E-state index contributed by atoms with van der Waals surface area (Å²) in [6, 6.07) is 7.23. The number of allylic oxidation sites excluding steroid dienone is 4. The van der Waals surface area contributed by atoms with Crippen molar-refractivity contribution >= 4 is 0 Å². The fourth-order valence-electron chi connectivity index (χ4n) is 5.43. The molecule has 1 aromatic carbocycles. The van der Waals surface area contributed by atoms with Gasteiger partial charge in [-0.25, -0.2) is 0 Å². The molecule has 3 rings (SSSR count). The molecule has 0 bridgehead atoms. The Balaban J connectivity index is 1.38. The SMILES string of the molecule is N#CC(F)=CC=CCC[C@H]1CC[C@H]([C@H]2CC[C@H](c3ccc(C(F)(F)F)cc3)CC2)CC1. The average molecular weight is 434 g/mol. The van der Waals surface area contributed by atoms with Crippen LogP contribution in [-0.2, 0) is 6.18 Å². The summed E-state index contributed by atoms with van der Waals surface area (Å²) in [6.07, 6.45) is 12.1. The predicted molar refractivity (Wildman–Crippen MR) is 115 cm³/mol. The summed E-state index contributed by atoms with van der Waals surface area (Å²) in [7, 11) is 0. The van der Waals surface area contributed by atoms with Crippen LogP contribution in [-0.4, -0.2) is 0 Å². The van der Waals surface area contributed by atoms with Crippen LogP contribution in [0.3, 0.4) is 0 Å². The van der Waals surface area contributed by atoms with E-state index in [1.54, 1.807) is 18.2 Å². The molecular formula is C26H31F4N. The van der Waals surface area contributed by atoms with E-state index in [1.165, 1.54) is 62.8 Å². The molecule has 0 heterocycles. The Morgan fingerprint density at radius 2 is 1.52 bits per heavy atom. The van der Waals surface area contributed by atoms with Gasteiger partial charge in [-0.3, -0.25) is 0 Å². The molecule has 1 nitrogen and oxygen atoms in total. The van der Waals surface area contributed by atoms with Crippen LogP contribution in [0.4, 0.5) is 17.6 Å². The molecule has 2 aliphatic carbocycles. The van der Waals surface area contributed by atoms with Crippen LogP contribution in [0.2, 0.25) is 0 Å². The Kier molecular flexibility index (Phi) is 8.35. The number of hydrogen-bond acceptors (Lipinski definition) is 1. The second-order valence-electron chi connectivity index (χ2n) is 9.14. The van der Waals surface area contributed by atoms with Gasteiger partial charge in [0.05, 0.1) is 5.56 Å². The first-order valence-electron chi connectivity index (χ1n) is 11.5. The highest BCUT2D eigenvalue weighted by Gasteiger charge is 2.32. The molecule has 2 saturated carbocycles. The van der Waals surface area contributed by atoms with Crippen LogP contribution in [0.25, 0.3) is 0 Å². The number of alkyl halides is 3. The van der Waals surface area contributed by atoms with Crippen LogP contribution in [0.15, 0.2) is 48.3 Å². The van der Waals surface area contributed by atoms with Gasteiger partial charge in [0.1, 0.15) is 6.07 Å². The molecule has 0 spiro atoms. The fourth-order valence-corrected chi connectivity index (χ4v) is 5.43. The summed E-state index contributed by atoms with van der Waals surface area (Å²) in [5.41, 5.74) is 0.482. The van der Waals surface area contributed by atoms with E-state index in [9.17, 15) is 17.6 Å². The summed E-state index contributed by atoms with van der Waals surface area (Å²) >= 11 is 0. The third-order valence-corrected chi connectivity index (χ3v) is 7.27. The molecule has 0 saturated heterocycles. The molecule has 31 heavy (non-hydrogen) atoms. The van der Waals surface area contributed by atoms with Gasteiger partial charge in [-0.2, -0.15) is 22.8 Å². The Morgan fingerprint density at radius 3 is 2.06 bits per heavy atom. The number of hydrogen-bond donors (Lipinski definition) is 0. The van der Waals surface area contributed by atoms with Crippen molar-refractivity contribution in [2.45, 2.75) is 76.3 Å². The standard InChI is InChI=1S/C26H31F4N/c27-25(18-31)5-3-1-2-4-19-6-8-20(9-7-19)21-10-12-22(13-11-21)23-14-16-24(17-15-23)26(28,29)30/h1,3,5,14-17,19-22H,2,4,6-13H2/t19-,20-,21-,22-. The molecule has 168 valence electrons. The lowest BCUT2D eigenvalue weighted by atomic mass is 9.68. The summed E-state index contributed by atoms with van der Waals surface area (Å²) in [5, 5.41) is 8.37. The normalized spacial score (nSPS) is 27.9. The van der Waals surface area contributed by atoms with Crippen LogP contribution in [0, 0.1) is 29.1 Å².